The molecule has 1 aromatic carbocycles. The number of hydrogen-bond acceptors (Lipinski definition) is 1. The van der Waals surface area contributed by atoms with E-state index in [1.165, 1.54) is 9.13 Å². The summed E-state index contributed by atoms with van der Waals surface area (Å²) in [6.07, 6.45) is 0. The van der Waals surface area contributed by atoms with E-state index in [1.54, 1.807) is 0 Å². The maximum Gasteiger partial charge on any atom is 0.129 e. The molecule has 0 aliphatic heterocycles. The normalized spacial score (nSPS) is 10.7. The Morgan fingerprint density at radius 1 is 1.31 bits per heavy atom. The van der Waals surface area contributed by atoms with E-state index in [1.807, 2.05) is 12.1 Å². The van der Waals surface area contributed by atoms with Gasteiger partial charge in [0.05, 0.1) is 5.52 Å². The fraction of sp³-hybridized carbons (Fsp3) is 0.100. The van der Waals surface area contributed by atoms with Crippen LogP contribution < -0.4 is 0 Å². The molecule has 1 aromatic heterocycles. The average Bonchev–Trinajstić information content (AvgIpc) is 2.08. The molecule has 0 radical (unpaired) electrons. The van der Waals surface area contributed by atoms with Crippen LogP contribution in [0.25, 0.3) is 10.9 Å². The molecule has 0 bridgehead atoms. The Labute approximate surface area is 95.3 Å². The lowest BCUT2D eigenvalue weighted by Gasteiger charge is -2.01. The van der Waals surface area contributed by atoms with Crippen molar-refractivity contribution in [3.63, 3.8) is 0 Å². The van der Waals surface area contributed by atoms with Gasteiger partial charge in [0.1, 0.15) is 5.15 Å². The van der Waals surface area contributed by atoms with E-state index >= 15 is 0 Å². The summed E-state index contributed by atoms with van der Waals surface area (Å²) >= 11 is 8.10. The zero-order valence-electron chi connectivity index (χ0n) is 7.01. The van der Waals surface area contributed by atoms with E-state index in [9.17, 15) is 0 Å². The third-order valence-corrected chi connectivity index (χ3v) is 3.31. The second kappa shape index (κ2) is 3.42. The molecular weight excluding hydrogens is 296 g/mol. The van der Waals surface area contributed by atoms with Gasteiger partial charge in [0.2, 0.25) is 0 Å². The Kier molecular flexibility index (Phi) is 2.43. The quantitative estimate of drug-likeness (QED) is 0.533. The molecule has 0 aliphatic carbocycles. The summed E-state index contributed by atoms with van der Waals surface area (Å²) in [4.78, 5) is 4.24. The van der Waals surface area contributed by atoms with Crippen LogP contribution in [-0.4, -0.2) is 4.98 Å². The molecule has 2 aromatic rings. The van der Waals surface area contributed by atoms with Gasteiger partial charge in [0.25, 0.3) is 0 Å². The van der Waals surface area contributed by atoms with Gasteiger partial charge < -0.3 is 0 Å². The Morgan fingerprint density at radius 2 is 2.08 bits per heavy atom. The van der Waals surface area contributed by atoms with Crippen LogP contribution in [0.4, 0.5) is 0 Å². The summed E-state index contributed by atoms with van der Waals surface area (Å²) in [5.74, 6) is 0. The van der Waals surface area contributed by atoms with Crippen molar-refractivity contribution >= 4 is 45.1 Å². The first kappa shape index (κ1) is 9.21. The molecule has 1 heterocycles. The third kappa shape index (κ3) is 1.79. The number of fused-ring (bicyclic) bond motifs is 1. The van der Waals surface area contributed by atoms with Crippen LogP contribution in [0.2, 0.25) is 5.15 Å². The van der Waals surface area contributed by atoms with E-state index in [0.717, 1.165) is 10.9 Å². The Bertz CT molecular complexity index is 468. The van der Waals surface area contributed by atoms with Crippen molar-refractivity contribution in [2.45, 2.75) is 6.92 Å². The van der Waals surface area contributed by atoms with Crippen molar-refractivity contribution in [2.24, 2.45) is 0 Å². The molecule has 0 saturated heterocycles. The first-order valence-corrected chi connectivity index (χ1v) is 5.35. The zero-order valence-corrected chi connectivity index (χ0v) is 9.93. The molecule has 0 amide bonds. The molecule has 0 N–H and O–H groups in total. The number of benzene rings is 1. The van der Waals surface area contributed by atoms with Crippen LogP contribution in [-0.2, 0) is 0 Å². The molecule has 0 spiro atoms. The summed E-state index contributed by atoms with van der Waals surface area (Å²) < 4.78 is 1.22. The average molecular weight is 304 g/mol. The van der Waals surface area contributed by atoms with E-state index in [2.05, 4.69) is 46.6 Å². The van der Waals surface area contributed by atoms with Gasteiger partial charge in [-0.25, -0.2) is 4.98 Å². The fourth-order valence-corrected chi connectivity index (χ4v) is 1.84. The Morgan fingerprint density at radius 3 is 2.85 bits per heavy atom. The highest BCUT2D eigenvalue weighted by atomic mass is 127. The first-order valence-electron chi connectivity index (χ1n) is 3.89. The number of hydrogen-bond donors (Lipinski definition) is 0. The standard InChI is InChI=1S/C10H7ClIN/c1-6-4-7-2-3-10(11)13-9(7)5-8(6)12/h2-5H,1H3. The van der Waals surface area contributed by atoms with Crippen LogP contribution in [0.5, 0.6) is 0 Å². The van der Waals surface area contributed by atoms with Crippen LogP contribution in [0, 0.1) is 10.5 Å². The van der Waals surface area contributed by atoms with Crippen molar-refractivity contribution in [3.05, 3.63) is 38.6 Å². The maximum absolute atomic E-state index is 5.80. The highest BCUT2D eigenvalue weighted by molar-refractivity contribution is 14.1. The van der Waals surface area contributed by atoms with Crippen molar-refractivity contribution < 1.29 is 0 Å². The van der Waals surface area contributed by atoms with Crippen LogP contribution in [0.1, 0.15) is 5.56 Å². The number of pyridine rings is 1. The van der Waals surface area contributed by atoms with Gasteiger partial charge >= 0.3 is 0 Å². The van der Waals surface area contributed by atoms with E-state index in [4.69, 9.17) is 11.6 Å². The molecule has 0 saturated carbocycles. The van der Waals surface area contributed by atoms with E-state index in [-0.39, 0.29) is 0 Å². The minimum absolute atomic E-state index is 0.548. The summed E-state index contributed by atoms with van der Waals surface area (Å²) in [5, 5.41) is 1.69. The minimum Gasteiger partial charge on any atom is -0.236 e. The Hall–Kier alpha value is -0.350. The topological polar surface area (TPSA) is 12.9 Å². The molecule has 0 atom stereocenters. The lowest BCUT2D eigenvalue weighted by molar-refractivity contribution is 1.38. The van der Waals surface area contributed by atoms with Gasteiger partial charge in [-0.2, -0.15) is 0 Å². The highest BCUT2D eigenvalue weighted by Crippen LogP contribution is 2.21. The molecule has 2 rings (SSSR count). The summed E-state index contributed by atoms with van der Waals surface area (Å²) in [6, 6.07) is 7.99. The molecule has 0 fully saturated rings. The largest absolute Gasteiger partial charge is 0.236 e. The predicted octanol–water partition coefficient (Wildman–Crippen LogP) is 3.80. The number of aromatic nitrogens is 1. The summed E-state index contributed by atoms with van der Waals surface area (Å²) in [6.45, 7) is 2.09. The summed E-state index contributed by atoms with van der Waals surface area (Å²) in [7, 11) is 0. The second-order valence-corrected chi connectivity index (χ2v) is 4.48. The predicted molar refractivity (Wildman–Crippen MR) is 64.2 cm³/mol. The van der Waals surface area contributed by atoms with Crippen molar-refractivity contribution in [1.82, 2.24) is 4.98 Å². The van der Waals surface area contributed by atoms with Crippen LogP contribution in [0.3, 0.4) is 0 Å². The number of nitrogens with zero attached hydrogens (tertiary/aromatic N) is 1. The number of aryl methyl sites for hydroxylation is 1. The lowest BCUT2D eigenvalue weighted by Crippen LogP contribution is -1.84. The van der Waals surface area contributed by atoms with E-state index < -0.39 is 0 Å². The monoisotopic (exact) mass is 303 g/mol. The molecule has 0 unspecified atom stereocenters. The summed E-state index contributed by atoms with van der Waals surface area (Å²) in [5.41, 5.74) is 2.24. The molecule has 13 heavy (non-hydrogen) atoms. The minimum atomic E-state index is 0.548. The first-order chi connectivity index (χ1) is 6.16. The Balaban J connectivity index is 2.81. The van der Waals surface area contributed by atoms with Crippen molar-refractivity contribution in [1.29, 1.82) is 0 Å². The van der Waals surface area contributed by atoms with E-state index in [0.29, 0.717) is 5.15 Å². The van der Waals surface area contributed by atoms with Gasteiger partial charge in [-0.15, -0.1) is 0 Å². The molecule has 66 valence electrons. The van der Waals surface area contributed by atoms with Gasteiger partial charge in [0.15, 0.2) is 0 Å². The SMILES string of the molecule is Cc1cc2ccc(Cl)nc2cc1I. The second-order valence-electron chi connectivity index (χ2n) is 2.93. The van der Waals surface area contributed by atoms with Crippen LogP contribution in [0.15, 0.2) is 24.3 Å². The zero-order chi connectivity index (χ0) is 9.42. The highest BCUT2D eigenvalue weighted by Gasteiger charge is 2.00. The lowest BCUT2D eigenvalue weighted by atomic mass is 10.1. The maximum atomic E-state index is 5.80. The van der Waals surface area contributed by atoms with Crippen molar-refractivity contribution in [3.8, 4) is 0 Å². The smallest absolute Gasteiger partial charge is 0.129 e. The molecule has 3 heteroatoms. The van der Waals surface area contributed by atoms with Gasteiger partial charge in [-0.1, -0.05) is 11.6 Å². The fourth-order valence-electron chi connectivity index (χ4n) is 1.23. The molecule has 0 aliphatic rings. The van der Waals surface area contributed by atoms with Crippen molar-refractivity contribution in [2.75, 3.05) is 0 Å². The molecular formula is C10H7ClIN. The third-order valence-electron chi connectivity index (χ3n) is 1.94. The van der Waals surface area contributed by atoms with Gasteiger partial charge in [0, 0.05) is 8.96 Å². The number of halogens is 2. The van der Waals surface area contributed by atoms with Gasteiger partial charge in [-0.3, -0.25) is 0 Å². The molecule has 1 nitrogen and oxygen atoms in total. The van der Waals surface area contributed by atoms with Gasteiger partial charge in [-0.05, 0) is 59.3 Å². The number of rotatable bonds is 0. The van der Waals surface area contributed by atoms with Crippen LogP contribution >= 0.6 is 34.2 Å².